The lowest BCUT2D eigenvalue weighted by atomic mass is 10.1. The average molecular weight is 310 g/mol. The van der Waals surface area contributed by atoms with Crippen LogP contribution >= 0.6 is 10.7 Å². The number of alkyl halides is 3. The van der Waals surface area contributed by atoms with Gasteiger partial charge in [-0.1, -0.05) is 18.2 Å². The Hall–Kier alpha value is -1.34. The molecule has 1 unspecified atom stereocenters. The molecule has 0 bridgehead atoms. The zero-order valence-corrected chi connectivity index (χ0v) is 10.8. The molecule has 0 aliphatic rings. The van der Waals surface area contributed by atoms with Crippen LogP contribution in [0.4, 0.5) is 13.2 Å². The monoisotopic (exact) mass is 309 g/mol. The maximum absolute atomic E-state index is 12.9. The van der Waals surface area contributed by atoms with Crippen molar-refractivity contribution in [1.82, 2.24) is 4.98 Å². The van der Waals surface area contributed by atoms with Crippen molar-refractivity contribution in [3.63, 3.8) is 0 Å². The molecule has 8 heteroatoms. The highest BCUT2D eigenvalue weighted by molar-refractivity contribution is 8.14. The molecule has 2 rings (SSSR count). The summed E-state index contributed by atoms with van der Waals surface area (Å²) in [5.41, 5.74) is -0.150. The third kappa shape index (κ3) is 2.82. The molecule has 0 spiro atoms. The molecule has 0 aliphatic heterocycles. The first-order chi connectivity index (χ1) is 8.71. The molecular weight excluding hydrogens is 303 g/mol. The highest BCUT2D eigenvalue weighted by atomic mass is 35.7. The van der Waals surface area contributed by atoms with Crippen molar-refractivity contribution >= 4 is 30.6 Å². The van der Waals surface area contributed by atoms with Gasteiger partial charge in [-0.05, 0) is 17.7 Å². The van der Waals surface area contributed by atoms with Crippen LogP contribution in [-0.4, -0.2) is 19.6 Å². The average Bonchev–Trinajstić information content (AvgIpc) is 2.25. The summed E-state index contributed by atoms with van der Waals surface area (Å²) in [4.78, 5) is 3.88. The van der Waals surface area contributed by atoms with Crippen molar-refractivity contribution in [2.75, 3.05) is 0 Å². The van der Waals surface area contributed by atoms with Gasteiger partial charge in [-0.2, -0.15) is 13.2 Å². The third-order valence-electron chi connectivity index (χ3n) is 2.54. The summed E-state index contributed by atoms with van der Waals surface area (Å²) in [6.45, 7) is 0. The van der Waals surface area contributed by atoms with Crippen LogP contribution < -0.4 is 0 Å². The summed E-state index contributed by atoms with van der Waals surface area (Å²) in [6, 6.07) is 6.98. The van der Waals surface area contributed by atoms with Crippen LogP contribution in [0.2, 0.25) is 0 Å². The van der Waals surface area contributed by atoms with Gasteiger partial charge in [0.15, 0.2) is 5.25 Å². The van der Waals surface area contributed by atoms with Gasteiger partial charge in [0, 0.05) is 22.3 Å². The lowest BCUT2D eigenvalue weighted by molar-refractivity contribution is -0.130. The molecule has 0 aliphatic carbocycles. The van der Waals surface area contributed by atoms with E-state index in [1.807, 2.05) is 0 Å². The number of hydrogen-bond acceptors (Lipinski definition) is 3. The minimum absolute atomic E-state index is 0.108. The molecule has 0 N–H and O–H groups in total. The van der Waals surface area contributed by atoms with Crippen LogP contribution in [0.1, 0.15) is 10.8 Å². The fraction of sp³-hybridized carbons (Fsp3) is 0.182. The van der Waals surface area contributed by atoms with Gasteiger partial charge in [0.1, 0.15) is 0 Å². The molecule has 2 aromatic rings. The quantitative estimate of drug-likeness (QED) is 0.799. The fourth-order valence-electron chi connectivity index (χ4n) is 1.83. The molecule has 1 atom stereocenters. The van der Waals surface area contributed by atoms with E-state index in [4.69, 9.17) is 10.7 Å². The largest absolute Gasteiger partial charge is 0.410 e. The Morgan fingerprint density at radius 2 is 1.79 bits per heavy atom. The molecule has 0 amide bonds. The zero-order chi connectivity index (χ0) is 14.3. The first-order valence-electron chi connectivity index (χ1n) is 5.05. The van der Waals surface area contributed by atoms with Crippen LogP contribution in [0, 0.1) is 0 Å². The van der Waals surface area contributed by atoms with E-state index < -0.39 is 26.0 Å². The van der Waals surface area contributed by atoms with Gasteiger partial charge >= 0.3 is 6.18 Å². The SMILES string of the molecule is O=S(=O)(Cl)C(c1ccnc2ccccc12)C(F)(F)F. The second-order valence-electron chi connectivity index (χ2n) is 3.81. The molecule has 0 fully saturated rings. The van der Waals surface area contributed by atoms with Crippen LogP contribution in [0.3, 0.4) is 0 Å². The Bertz CT molecular complexity index is 710. The maximum atomic E-state index is 12.9. The summed E-state index contributed by atoms with van der Waals surface area (Å²) < 4.78 is 61.3. The normalized spacial score (nSPS) is 14.5. The lowest BCUT2D eigenvalue weighted by Gasteiger charge is -2.18. The van der Waals surface area contributed by atoms with Crippen molar-refractivity contribution in [1.29, 1.82) is 0 Å². The Kier molecular flexibility index (Phi) is 3.44. The van der Waals surface area contributed by atoms with Gasteiger partial charge in [0.2, 0.25) is 9.05 Å². The summed E-state index contributed by atoms with van der Waals surface area (Å²) in [5.74, 6) is 0. The van der Waals surface area contributed by atoms with E-state index in [2.05, 4.69) is 4.98 Å². The topological polar surface area (TPSA) is 47.0 Å². The number of rotatable bonds is 2. The first kappa shape index (κ1) is 14.1. The Labute approximate surface area is 111 Å². The van der Waals surface area contributed by atoms with Gasteiger partial charge in [0.05, 0.1) is 5.52 Å². The summed E-state index contributed by atoms with van der Waals surface area (Å²) in [7, 11) is 0.103. The van der Waals surface area contributed by atoms with Gasteiger partial charge < -0.3 is 0 Å². The second kappa shape index (κ2) is 4.64. The van der Waals surface area contributed by atoms with E-state index in [0.29, 0.717) is 0 Å². The Morgan fingerprint density at radius 1 is 1.16 bits per heavy atom. The van der Waals surface area contributed by atoms with E-state index in [1.54, 1.807) is 6.07 Å². The standard InChI is InChI=1S/C11H7ClF3NO2S/c12-19(17,18)10(11(13,14)15)8-5-6-16-9-4-2-1-3-7(8)9/h1-6,10H. The van der Waals surface area contributed by atoms with Crippen molar-refractivity contribution in [2.45, 2.75) is 11.4 Å². The number of hydrogen-bond donors (Lipinski definition) is 0. The van der Waals surface area contributed by atoms with Crippen molar-refractivity contribution in [3.05, 3.63) is 42.1 Å². The van der Waals surface area contributed by atoms with Gasteiger partial charge in [-0.25, -0.2) is 8.42 Å². The number of benzene rings is 1. The van der Waals surface area contributed by atoms with Crippen LogP contribution in [0.5, 0.6) is 0 Å². The van der Waals surface area contributed by atoms with Gasteiger partial charge in [-0.15, -0.1) is 0 Å². The number of pyridine rings is 1. The van der Waals surface area contributed by atoms with Crippen molar-refractivity contribution in [3.8, 4) is 0 Å². The number of fused-ring (bicyclic) bond motifs is 1. The maximum Gasteiger partial charge on any atom is 0.410 e. The smallest absolute Gasteiger partial charge is 0.256 e. The predicted octanol–water partition coefficient (Wildman–Crippen LogP) is 3.41. The molecule has 0 radical (unpaired) electrons. The fourth-order valence-corrected chi connectivity index (χ4v) is 3.25. The zero-order valence-electron chi connectivity index (χ0n) is 9.23. The Balaban J connectivity index is 2.78. The minimum Gasteiger partial charge on any atom is -0.256 e. The van der Waals surface area contributed by atoms with E-state index in [-0.39, 0.29) is 10.9 Å². The number of para-hydroxylation sites is 1. The van der Waals surface area contributed by atoms with E-state index in [0.717, 1.165) is 12.3 Å². The molecular formula is C11H7ClF3NO2S. The molecule has 19 heavy (non-hydrogen) atoms. The van der Waals surface area contributed by atoms with Crippen molar-refractivity contribution in [2.24, 2.45) is 0 Å². The lowest BCUT2D eigenvalue weighted by Crippen LogP contribution is -2.26. The summed E-state index contributed by atoms with van der Waals surface area (Å²) >= 11 is 0. The number of halogens is 4. The second-order valence-corrected chi connectivity index (χ2v) is 6.53. The highest BCUT2D eigenvalue weighted by Crippen LogP contribution is 2.42. The number of aromatic nitrogens is 1. The van der Waals surface area contributed by atoms with Gasteiger partial charge in [-0.3, -0.25) is 4.98 Å². The van der Waals surface area contributed by atoms with Crippen LogP contribution in [0.15, 0.2) is 36.5 Å². The third-order valence-corrected chi connectivity index (χ3v) is 4.16. The molecule has 1 aromatic heterocycles. The molecule has 0 saturated carbocycles. The van der Waals surface area contributed by atoms with Crippen LogP contribution in [0.25, 0.3) is 10.9 Å². The van der Waals surface area contributed by atoms with E-state index in [1.165, 1.54) is 18.2 Å². The van der Waals surface area contributed by atoms with Gasteiger partial charge in [0.25, 0.3) is 0 Å². The van der Waals surface area contributed by atoms with E-state index >= 15 is 0 Å². The minimum atomic E-state index is -5.00. The molecule has 3 nitrogen and oxygen atoms in total. The van der Waals surface area contributed by atoms with Crippen molar-refractivity contribution < 1.29 is 21.6 Å². The molecule has 0 saturated heterocycles. The van der Waals surface area contributed by atoms with Crippen LogP contribution in [-0.2, 0) is 9.05 Å². The summed E-state index contributed by atoms with van der Waals surface area (Å²) in [5, 5.41) is -2.66. The predicted molar refractivity (Wildman–Crippen MR) is 65.3 cm³/mol. The summed E-state index contributed by atoms with van der Waals surface area (Å²) in [6.07, 6.45) is -3.87. The molecule has 1 heterocycles. The molecule has 1 aromatic carbocycles. The first-order valence-corrected chi connectivity index (χ1v) is 7.42. The van der Waals surface area contributed by atoms with E-state index in [9.17, 15) is 21.6 Å². The highest BCUT2D eigenvalue weighted by Gasteiger charge is 2.49. The Morgan fingerprint density at radius 3 is 2.37 bits per heavy atom. The number of nitrogens with zero attached hydrogens (tertiary/aromatic N) is 1. The molecule has 102 valence electrons.